The van der Waals surface area contributed by atoms with Crippen molar-refractivity contribution in [3.05, 3.63) is 36.7 Å². The highest BCUT2D eigenvalue weighted by Gasteiger charge is 2.08. The standard InChI is InChI=1S/C13H11N5S2/c1-19-13-17-10(14)6-11(18-13)20-12-8-4-2-3-5-9(8)15-7-16-12/h2-7H,1H3,(H2,14,17,18). The van der Waals surface area contributed by atoms with Crippen molar-refractivity contribution in [2.45, 2.75) is 15.2 Å². The molecule has 0 aliphatic heterocycles. The van der Waals surface area contributed by atoms with Crippen LogP contribution in [0.3, 0.4) is 0 Å². The molecule has 0 aliphatic rings. The van der Waals surface area contributed by atoms with E-state index in [1.807, 2.05) is 30.5 Å². The third-order valence-corrected chi connectivity index (χ3v) is 4.08. The number of nitrogens with two attached hydrogens (primary N) is 1. The molecule has 100 valence electrons. The fraction of sp³-hybridized carbons (Fsp3) is 0.0769. The van der Waals surface area contributed by atoms with E-state index in [1.165, 1.54) is 23.5 Å². The first-order valence-electron chi connectivity index (χ1n) is 5.82. The maximum Gasteiger partial charge on any atom is 0.190 e. The first kappa shape index (κ1) is 13.1. The fourth-order valence-electron chi connectivity index (χ4n) is 1.72. The molecule has 2 heterocycles. The van der Waals surface area contributed by atoms with Crippen molar-refractivity contribution in [2.75, 3.05) is 12.0 Å². The summed E-state index contributed by atoms with van der Waals surface area (Å²) in [7, 11) is 0. The van der Waals surface area contributed by atoms with Gasteiger partial charge in [0.1, 0.15) is 22.2 Å². The summed E-state index contributed by atoms with van der Waals surface area (Å²) in [5, 5.41) is 3.31. The Balaban J connectivity index is 2.03. The second-order valence-corrected chi connectivity index (χ2v) is 5.70. The van der Waals surface area contributed by atoms with Crippen LogP contribution in [0.25, 0.3) is 10.9 Å². The number of benzene rings is 1. The summed E-state index contributed by atoms with van der Waals surface area (Å²) < 4.78 is 0. The molecule has 0 bridgehead atoms. The molecule has 1 aromatic carbocycles. The number of nitrogens with zero attached hydrogens (tertiary/aromatic N) is 4. The molecule has 0 amide bonds. The molecular formula is C13H11N5S2. The first-order valence-corrected chi connectivity index (χ1v) is 7.86. The molecule has 0 saturated heterocycles. The molecule has 0 saturated carbocycles. The molecule has 2 aromatic heterocycles. The normalized spacial score (nSPS) is 10.8. The van der Waals surface area contributed by atoms with Crippen LogP contribution in [-0.2, 0) is 0 Å². The number of nitrogen functional groups attached to an aromatic ring is 1. The number of thioether (sulfide) groups is 1. The summed E-state index contributed by atoms with van der Waals surface area (Å²) in [5.74, 6) is 0.463. The lowest BCUT2D eigenvalue weighted by Crippen LogP contribution is -1.96. The highest BCUT2D eigenvalue weighted by molar-refractivity contribution is 7.99. The van der Waals surface area contributed by atoms with Crippen LogP contribution in [-0.4, -0.2) is 26.2 Å². The van der Waals surface area contributed by atoms with Crippen LogP contribution < -0.4 is 5.73 Å². The summed E-state index contributed by atoms with van der Waals surface area (Å²) >= 11 is 2.93. The zero-order valence-corrected chi connectivity index (χ0v) is 12.3. The van der Waals surface area contributed by atoms with E-state index in [2.05, 4.69) is 19.9 Å². The largest absolute Gasteiger partial charge is 0.384 e. The summed E-state index contributed by atoms with van der Waals surface area (Å²) in [6, 6.07) is 9.64. The predicted octanol–water partition coefficient (Wildman–Crippen LogP) is 2.88. The predicted molar refractivity (Wildman–Crippen MR) is 81.9 cm³/mol. The van der Waals surface area contributed by atoms with Crippen molar-refractivity contribution in [1.82, 2.24) is 19.9 Å². The smallest absolute Gasteiger partial charge is 0.190 e. The zero-order chi connectivity index (χ0) is 13.9. The quantitative estimate of drug-likeness (QED) is 0.453. The minimum absolute atomic E-state index is 0.463. The Morgan fingerprint density at radius 1 is 1.10 bits per heavy atom. The second kappa shape index (κ2) is 5.64. The number of fused-ring (bicyclic) bond motifs is 1. The molecule has 0 radical (unpaired) electrons. The Hall–Kier alpha value is -1.86. The molecule has 3 aromatic rings. The van der Waals surface area contributed by atoms with Gasteiger partial charge in [-0.1, -0.05) is 30.0 Å². The molecule has 5 nitrogen and oxygen atoms in total. The van der Waals surface area contributed by atoms with E-state index in [0.717, 1.165) is 21.0 Å². The SMILES string of the molecule is CSc1nc(N)cc(Sc2ncnc3ccccc23)n1. The first-order chi connectivity index (χ1) is 9.76. The van der Waals surface area contributed by atoms with Crippen LogP contribution in [0, 0.1) is 0 Å². The molecule has 0 fully saturated rings. The lowest BCUT2D eigenvalue weighted by molar-refractivity contribution is 0.900. The van der Waals surface area contributed by atoms with Gasteiger partial charge in [0.2, 0.25) is 0 Å². The van der Waals surface area contributed by atoms with Gasteiger partial charge in [0.15, 0.2) is 5.16 Å². The van der Waals surface area contributed by atoms with Gasteiger partial charge in [-0.15, -0.1) is 0 Å². The Morgan fingerprint density at radius 3 is 2.80 bits per heavy atom. The van der Waals surface area contributed by atoms with Gasteiger partial charge < -0.3 is 5.73 Å². The highest BCUT2D eigenvalue weighted by atomic mass is 32.2. The zero-order valence-electron chi connectivity index (χ0n) is 10.6. The number of para-hydroxylation sites is 1. The third-order valence-electron chi connectivity index (χ3n) is 2.59. The van der Waals surface area contributed by atoms with Gasteiger partial charge in [-0.05, 0) is 24.1 Å². The van der Waals surface area contributed by atoms with Gasteiger partial charge in [-0.2, -0.15) is 0 Å². The number of aromatic nitrogens is 4. The number of rotatable bonds is 3. The Kier molecular flexibility index (Phi) is 3.70. The maximum atomic E-state index is 5.79. The molecule has 0 unspecified atom stereocenters. The molecule has 2 N–H and O–H groups in total. The average molecular weight is 301 g/mol. The van der Waals surface area contributed by atoms with Crippen LogP contribution in [0.4, 0.5) is 5.82 Å². The topological polar surface area (TPSA) is 77.6 Å². The fourth-order valence-corrected chi connectivity index (χ4v) is 3.06. The van der Waals surface area contributed by atoms with E-state index in [4.69, 9.17) is 5.73 Å². The Morgan fingerprint density at radius 2 is 1.95 bits per heavy atom. The minimum Gasteiger partial charge on any atom is -0.384 e. The van der Waals surface area contributed by atoms with Crippen molar-refractivity contribution in [3.8, 4) is 0 Å². The lowest BCUT2D eigenvalue weighted by Gasteiger charge is -2.05. The molecule has 0 atom stereocenters. The molecule has 0 spiro atoms. The van der Waals surface area contributed by atoms with Crippen LogP contribution in [0.2, 0.25) is 0 Å². The van der Waals surface area contributed by atoms with Gasteiger partial charge in [-0.3, -0.25) is 0 Å². The highest BCUT2D eigenvalue weighted by Crippen LogP contribution is 2.31. The van der Waals surface area contributed by atoms with Crippen LogP contribution in [0.1, 0.15) is 0 Å². The van der Waals surface area contributed by atoms with Gasteiger partial charge in [-0.25, -0.2) is 19.9 Å². The molecule has 0 aliphatic carbocycles. The number of anilines is 1. The van der Waals surface area contributed by atoms with E-state index in [0.29, 0.717) is 11.0 Å². The van der Waals surface area contributed by atoms with Crippen LogP contribution >= 0.6 is 23.5 Å². The van der Waals surface area contributed by atoms with Crippen molar-refractivity contribution < 1.29 is 0 Å². The molecule has 20 heavy (non-hydrogen) atoms. The van der Waals surface area contributed by atoms with E-state index >= 15 is 0 Å². The third kappa shape index (κ3) is 2.68. The van der Waals surface area contributed by atoms with Crippen LogP contribution in [0.5, 0.6) is 0 Å². The number of hydrogen-bond acceptors (Lipinski definition) is 7. The molecular weight excluding hydrogens is 290 g/mol. The van der Waals surface area contributed by atoms with E-state index in [-0.39, 0.29) is 0 Å². The maximum absolute atomic E-state index is 5.79. The van der Waals surface area contributed by atoms with E-state index in [1.54, 1.807) is 12.4 Å². The monoisotopic (exact) mass is 301 g/mol. The molecule has 3 rings (SSSR count). The van der Waals surface area contributed by atoms with Crippen molar-refractivity contribution >= 4 is 40.2 Å². The summed E-state index contributed by atoms with van der Waals surface area (Å²) in [6.07, 6.45) is 3.48. The summed E-state index contributed by atoms with van der Waals surface area (Å²) in [4.78, 5) is 17.1. The van der Waals surface area contributed by atoms with Gasteiger partial charge in [0, 0.05) is 11.5 Å². The van der Waals surface area contributed by atoms with E-state index < -0.39 is 0 Å². The average Bonchev–Trinajstić information content (AvgIpc) is 2.47. The minimum atomic E-state index is 0.463. The Bertz CT molecular complexity index is 757. The van der Waals surface area contributed by atoms with Crippen molar-refractivity contribution in [1.29, 1.82) is 0 Å². The second-order valence-electron chi connectivity index (χ2n) is 3.92. The lowest BCUT2D eigenvalue weighted by atomic mass is 10.2. The van der Waals surface area contributed by atoms with Gasteiger partial charge >= 0.3 is 0 Å². The number of hydrogen-bond donors (Lipinski definition) is 1. The van der Waals surface area contributed by atoms with Crippen LogP contribution in [0.15, 0.2) is 51.9 Å². The van der Waals surface area contributed by atoms with E-state index in [9.17, 15) is 0 Å². The van der Waals surface area contributed by atoms with Crippen molar-refractivity contribution in [2.24, 2.45) is 0 Å². The molecule has 7 heteroatoms. The van der Waals surface area contributed by atoms with Gasteiger partial charge in [0.25, 0.3) is 0 Å². The summed E-state index contributed by atoms with van der Waals surface area (Å²) in [6.45, 7) is 0. The van der Waals surface area contributed by atoms with Crippen molar-refractivity contribution in [3.63, 3.8) is 0 Å². The van der Waals surface area contributed by atoms with Gasteiger partial charge in [0.05, 0.1) is 5.52 Å². The Labute approximate surface area is 124 Å². The summed E-state index contributed by atoms with van der Waals surface area (Å²) in [5.41, 5.74) is 6.70.